The van der Waals surface area contributed by atoms with Crippen molar-refractivity contribution in [1.29, 1.82) is 0 Å². The highest BCUT2D eigenvalue weighted by Crippen LogP contribution is 2.46. The van der Waals surface area contributed by atoms with Crippen LogP contribution in [-0.2, 0) is 10.2 Å². The van der Waals surface area contributed by atoms with Gasteiger partial charge in [-0.15, -0.1) is 0 Å². The number of rotatable bonds is 5. The maximum atomic E-state index is 11.7. The van der Waals surface area contributed by atoms with E-state index in [0.29, 0.717) is 6.42 Å². The topological polar surface area (TPSA) is 40.5 Å². The molecule has 0 aromatic heterocycles. The summed E-state index contributed by atoms with van der Waals surface area (Å²) in [6.45, 7) is 8.65. The Hall–Kier alpha value is -1.51. The summed E-state index contributed by atoms with van der Waals surface area (Å²) in [5, 5.41) is 9.63. The van der Waals surface area contributed by atoms with Crippen LogP contribution in [0.15, 0.2) is 24.3 Å². The number of carboxylic acid groups (broad SMARTS) is 1. The molecular formula is C17H25NO2. The number of hydrogen-bond donors (Lipinski definition) is 1. The highest BCUT2D eigenvalue weighted by molar-refractivity contribution is 5.81. The van der Waals surface area contributed by atoms with Crippen LogP contribution in [0, 0.1) is 0 Å². The van der Waals surface area contributed by atoms with Gasteiger partial charge in [-0.25, -0.2) is 4.79 Å². The van der Waals surface area contributed by atoms with Crippen LogP contribution in [0.5, 0.6) is 0 Å². The molecule has 0 spiro atoms. The second-order valence-corrected chi connectivity index (χ2v) is 6.32. The van der Waals surface area contributed by atoms with Crippen LogP contribution in [0.25, 0.3) is 0 Å². The van der Waals surface area contributed by atoms with Gasteiger partial charge in [-0.3, -0.25) is 0 Å². The zero-order valence-electron chi connectivity index (χ0n) is 12.9. The molecule has 0 amide bonds. The lowest BCUT2D eigenvalue weighted by atomic mass is 9.81. The molecule has 1 aromatic carbocycles. The Bertz CT molecular complexity index is 496. The Kier molecular flexibility index (Phi) is 4.07. The molecule has 1 N–H and O–H groups in total. The molecule has 0 saturated carbocycles. The van der Waals surface area contributed by atoms with Crippen molar-refractivity contribution in [1.82, 2.24) is 0 Å². The molecule has 1 aromatic rings. The molecule has 2 rings (SSSR count). The number of carbonyl (C=O) groups is 1. The van der Waals surface area contributed by atoms with Crippen LogP contribution in [-0.4, -0.2) is 23.2 Å². The fraction of sp³-hybridized carbons (Fsp3) is 0.588. The summed E-state index contributed by atoms with van der Waals surface area (Å²) in [5.41, 5.74) is 2.33. The molecule has 0 radical (unpaired) electrons. The summed E-state index contributed by atoms with van der Waals surface area (Å²) in [5.74, 6) is -0.710. The first-order chi connectivity index (χ1) is 9.41. The molecule has 2 atom stereocenters. The number of nitrogens with zero attached hydrogens (tertiary/aromatic N) is 1. The average Bonchev–Trinajstić information content (AvgIpc) is 2.60. The van der Waals surface area contributed by atoms with Gasteiger partial charge in [0, 0.05) is 17.1 Å². The molecule has 1 unspecified atom stereocenters. The molecule has 1 heterocycles. The van der Waals surface area contributed by atoms with E-state index in [4.69, 9.17) is 0 Å². The van der Waals surface area contributed by atoms with E-state index in [-0.39, 0.29) is 11.5 Å². The number of carboxylic acids is 1. The fourth-order valence-corrected chi connectivity index (χ4v) is 3.24. The van der Waals surface area contributed by atoms with Crippen molar-refractivity contribution in [3.8, 4) is 0 Å². The van der Waals surface area contributed by atoms with Gasteiger partial charge in [0.25, 0.3) is 0 Å². The third-order valence-electron chi connectivity index (χ3n) is 4.79. The van der Waals surface area contributed by atoms with Gasteiger partial charge in [0.05, 0.1) is 0 Å². The summed E-state index contributed by atoms with van der Waals surface area (Å²) >= 11 is 0. The van der Waals surface area contributed by atoms with Gasteiger partial charge in [0.2, 0.25) is 0 Å². The van der Waals surface area contributed by atoms with Gasteiger partial charge in [0.1, 0.15) is 6.04 Å². The number of anilines is 1. The Balaban J connectivity index is 2.42. The molecule has 0 aliphatic carbocycles. The number of benzene rings is 1. The fourth-order valence-electron chi connectivity index (χ4n) is 3.24. The second-order valence-electron chi connectivity index (χ2n) is 6.32. The smallest absolute Gasteiger partial charge is 0.326 e. The number of hydrogen-bond acceptors (Lipinski definition) is 2. The van der Waals surface area contributed by atoms with Crippen LogP contribution in [0.2, 0.25) is 0 Å². The maximum Gasteiger partial charge on any atom is 0.326 e. The van der Waals surface area contributed by atoms with Crippen molar-refractivity contribution in [2.45, 2.75) is 64.5 Å². The number of aliphatic carboxylic acids is 1. The van der Waals surface area contributed by atoms with Gasteiger partial charge in [-0.05, 0) is 25.0 Å². The van der Waals surface area contributed by atoms with E-state index in [1.165, 1.54) is 5.56 Å². The molecule has 0 fully saturated rings. The molecule has 1 aliphatic heterocycles. The zero-order valence-corrected chi connectivity index (χ0v) is 12.9. The van der Waals surface area contributed by atoms with Gasteiger partial charge < -0.3 is 10.0 Å². The van der Waals surface area contributed by atoms with Crippen LogP contribution in [0.1, 0.15) is 52.5 Å². The molecule has 20 heavy (non-hydrogen) atoms. The van der Waals surface area contributed by atoms with E-state index in [9.17, 15) is 9.90 Å². The Morgan fingerprint density at radius 2 is 2.05 bits per heavy atom. The normalized spacial score (nSPS) is 21.6. The molecule has 1 aliphatic rings. The van der Waals surface area contributed by atoms with Crippen LogP contribution in [0.4, 0.5) is 5.69 Å². The van der Waals surface area contributed by atoms with Crippen molar-refractivity contribution in [3.05, 3.63) is 29.8 Å². The highest BCUT2D eigenvalue weighted by Gasteiger charge is 2.45. The Morgan fingerprint density at radius 1 is 1.40 bits per heavy atom. The van der Waals surface area contributed by atoms with Crippen LogP contribution in [0.3, 0.4) is 0 Å². The largest absolute Gasteiger partial charge is 0.480 e. The quantitative estimate of drug-likeness (QED) is 0.888. The maximum absolute atomic E-state index is 11.7. The molecule has 0 saturated heterocycles. The third kappa shape index (κ3) is 2.30. The molecule has 3 heteroatoms. The van der Waals surface area contributed by atoms with Crippen LogP contribution < -0.4 is 4.90 Å². The second kappa shape index (κ2) is 5.47. The molecule has 0 bridgehead atoms. The highest BCUT2D eigenvalue weighted by atomic mass is 16.4. The summed E-state index contributed by atoms with van der Waals surface area (Å²) < 4.78 is 0. The number of unbranched alkanes of at least 4 members (excludes halogenated alkanes) is 1. The molecule has 110 valence electrons. The van der Waals surface area contributed by atoms with Crippen molar-refractivity contribution >= 4 is 11.7 Å². The minimum Gasteiger partial charge on any atom is -0.480 e. The zero-order chi connectivity index (χ0) is 14.9. The Morgan fingerprint density at radius 3 is 2.65 bits per heavy atom. The van der Waals surface area contributed by atoms with E-state index in [0.717, 1.165) is 18.5 Å². The van der Waals surface area contributed by atoms with E-state index in [1.807, 2.05) is 12.1 Å². The van der Waals surface area contributed by atoms with Gasteiger partial charge in [-0.2, -0.15) is 0 Å². The molecule has 3 nitrogen and oxygen atoms in total. The Labute approximate surface area is 121 Å². The third-order valence-corrected chi connectivity index (χ3v) is 4.79. The van der Waals surface area contributed by atoms with Gasteiger partial charge in [-0.1, -0.05) is 51.8 Å². The predicted molar refractivity (Wildman–Crippen MR) is 82.4 cm³/mol. The average molecular weight is 275 g/mol. The van der Waals surface area contributed by atoms with Gasteiger partial charge >= 0.3 is 5.97 Å². The van der Waals surface area contributed by atoms with Crippen molar-refractivity contribution in [3.63, 3.8) is 0 Å². The van der Waals surface area contributed by atoms with Crippen molar-refractivity contribution in [2.75, 3.05) is 4.90 Å². The SMILES string of the molecule is CCCC[C@@H](C(=O)O)N1c2ccccc2C(C)(C)C1C. The first-order valence-corrected chi connectivity index (χ1v) is 7.52. The lowest BCUT2D eigenvalue weighted by molar-refractivity contribution is -0.139. The summed E-state index contributed by atoms with van der Waals surface area (Å²) in [4.78, 5) is 13.8. The molecular weight excluding hydrogens is 250 g/mol. The summed E-state index contributed by atoms with van der Waals surface area (Å²) in [6, 6.07) is 8.00. The lowest BCUT2D eigenvalue weighted by Gasteiger charge is -2.35. The van der Waals surface area contributed by atoms with Crippen LogP contribution >= 0.6 is 0 Å². The van der Waals surface area contributed by atoms with E-state index < -0.39 is 12.0 Å². The first-order valence-electron chi connectivity index (χ1n) is 7.52. The summed E-state index contributed by atoms with van der Waals surface area (Å²) in [7, 11) is 0. The minimum absolute atomic E-state index is 0.0174. The van der Waals surface area contributed by atoms with Crippen molar-refractivity contribution < 1.29 is 9.90 Å². The van der Waals surface area contributed by atoms with Gasteiger partial charge in [0.15, 0.2) is 0 Å². The minimum atomic E-state index is -0.710. The lowest BCUT2D eigenvalue weighted by Crippen LogP contribution is -2.48. The number of para-hydroxylation sites is 1. The monoisotopic (exact) mass is 275 g/mol. The van der Waals surface area contributed by atoms with E-state index in [2.05, 4.69) is 44.7 Å². The predicted octanol–water partition coefficient (Wildman–Crippen LogP) is 3.82. The standard InChI is InChI=1S/C17H25NO2/c1-5-6-10-15(16(19)20)18-12(2)17(3,4)13-9-7-8-11-14(13)18/h7-9,11-12,15H,5-6,10H2,1-4H3,(H,19,20)/t12?,15-/m0/s1. The summed E-state index contributed by atoms with van der Waals surface area (Å²) in [6.07, 6.45) is 2.68. The van der Waals surface area contributed by atoms with E-state index >= 15 is 0 Å². The van der Waals surface area contributed by atoms with E-state index in [1.54, 1.807) is 0 Å². The first kappa shape index (κ1) is 14.9. The number of fused-ring (bicyclic) bond motifs is 1. The van der Waals surface area contributed by atoms with Crippen molar-refractivity contribution in [2.24, 2.45) is 0 Å².